The zero-order valence-electron chi connectivity index (χ0n) is 13.7. The molecule has 0 spiro atoms. The van der Waals surface area contributed by atoms with Gasteiger partial charge >= 0.3 is 5.97 Å². The lowest BCUT2D eigenvalue weighted by Gasteiger charge is -2.16. The second-order valence-electron chi connectivity index (χ2n) is 4.87. The van der Waals surface area contributed by atoms with Crippen molar-refractivity contribution in [2.45, 2.75) is 6.04 Å². The fourth-order valence-corrected chi connectivity index (χ4v) is 2.76. The number of carboxylic acid groups (broad SMARTS) is 1. The highest BCUT2D eigenvalue weighted by atomic mass is 32.2. The predicted octanol–water partition coefficient (Wildman–Crippen LogP) is -0.0600. The number of hydrogen-bond donors (Lipinski definition) is 2. The molecular formula is C14H19NO8S. The number of ether oxygens (including phenoxy) is 3. The monoisotopic (exact) mass is 361 g/mol. The number of benzene rings is 1. The summed E-state index contributed by atoms with van der Waals surface area (Å²) in [7, 11) is 0.526. The Morgan fingerprint density at radius 2 is 1.62 bits per heavy atom. The Morgan fingerprint density at radius 3 is 1.96 bits per heavy atom. The third-order valence-corrected chi connectivity index (χ3v) is 3.94. The van der Waals surface area contributed by atoms with Gasteiger partial charge in [-0.05, 0) is 12.1 Å². The van der Waals surface area contributed by atoms with Crippen LogP contribution in [0.1, 0.15) is 10.4 Å². The smallest absolute Gasteiger partial charge is 0.327 e. The lowest BCUT2D eigenvalue weighted by molar-refractivity contribution is -0.138. The molecule has 1 aromatic rings. The van der Waals surface area contributed by atoms with Crippen molar-refractivity contribution in [3.05, 3.63) is 17.7 Å². The molecule has 1 amide bonds. The Hall–Kier alpha value is -2.49. The fourth-order valence-electron chi connectivity index (χ4n) is 1.93. The minimum atomic E-state index is -3.60. The summed E-state index contributed by atoms with van der Waals surface area (Å²) in [6.45, 7) is 0. The summed E-state index contributed by atoms with van der Waals surface area (Å²) in [5.41, 5.74) is 0.0317. The van der Waals surface area contributed by atoms with Gasteiger partial charge in [-0.2, -0.15) is 0 Å². The van der Waals surface area contributed by atoms with Crippen LogP contribution in [0.2, 0.25) is 0 Å². The maximum absolute atomic E-state index is 12.3. The van der Waals surface area contributed by atoms with Gasteiger partial charge in [0.1, 0.15) is 15.9 Å². The van der Waals surface area contributed by atoms with E-state index in [1.807, 2.05) is 0 Å². The van der Waals surface area contributed by atoms with Crippen molar-refractivity contribution in [3.63, 3.8) is 0 Å². The molecule has 0 aliphatic heterocycles. The maximum atomic E-state index is 12.3. The lowest BCUT2D eigenvalue weighted by atomic mass is 10.1. The molecule has 24 heavy (non-hydrogen) atoms. The molecule has 0 aromatic heterocycles. The average molecular weight is 361 g/mol. The molecule has 1 unspecified atom stereocenters. The largest absolute Gasteiger partial charge is 0.493 e. The van der Waals surface area contributed by atoms with E-state index in [1.54, 1.807) is 0 Å². The Morgan fingerprint density at radius 1 is 1.12 bits per heavy atom. The summed E-state index contributed by atoms with van der Waals surface area (Å²) >= 11 is 0. The third-order valence-electron chi connectivity index (χ3n) is 3.00. The van der Waals surface area contributed by atoms with E-state index in [-0.39, 0.29) is 22.8 Å². The minimum absolute atomic E-state index is 0.0317. The van der Waals surface area contributed by atoms with Crippen LogP contribution in [0.3, 0.4) is 0 Å². The summed E-state index contributed by atoms with van der Waals surface area (Å²) in [6, 6.07) is 1.08. The number of carbonyl (C=O) groups excluding carboxylic acids is 1. The van der Waals surface area contributed by atoms with Gasteiger partial charge in [-0.25, -0.2) is 13.2 Å². The highest BCUT2D eigenvalue weighted by Gasteiger charge is 2.26. The van der Waals surface area contributed by atoms with E-state index in [0.717, 1.165) is 6.26 Å². The van der Waals surface area contributed by atoms with Crippen molar-refractivity contribution in [2.24, 2.45) is 0 Å². The summed E-state index contributed by atoms with van der Waals surface area (Å²) in [5, 5.41) is 11.2. The van der Waals surface area contributed by atoms with Gasteiger partial charge in [-0.1, -0.05) is 0 Å². The molecule has 0 bridgehead atoms. The van der Waals surface area contributed by atoms with Crippen molar-refractivity contribution < 1.29 is 37.3 Å². The number of nitrogens with one attached hydrogen (secondary N) is 1. The topological polar surface area (TPSA) is 128 Å². The molecule has 0 radical (unpaired) electrons. The molecule has 1 atom stereocenters. The SMILES string of the molecule is COc1cc(C(=O)NC(CS(C)(=O)=O)C(=O)O)cc(OC)c1OC. The maximum Gasteiger partial charge on any atom is 0.327 e. The number of hydrogen-bond acceptors (Lipinski definition) is 7. The number of rotatable bonds is 8. The summed E-state index contributed by atoms with van der Waals surface area (Å²) < 4.78 is 37.9. The predicted molar refractivity (Wildman–Crippen MR) is 84.7 cm³/mol. The van der Waals surface area contributed by atoms with Crippen molar-refractivity contribution in [2.75, 3.05) is 33.3 Å². The molecule has 1 rings (SSSR count). The molecule has 0 fully saturated rings. The van der Waals surface area contributed by atoms with Crippen molar-refractivity contribution >= 4 is 21.7 Å². The number of aliphatic carboxylic acids is 1. The first kappa shape index (κ1) is 19.6. The first-order valence-electron chi connectivity index (χ1n) is 6.64. The number of amides is 1. The van der Waals surface area contributed by atoms with Crippen LogP contribution in [0, 0.1) is 0 Å². The van der Waals surface area contributed by atoms with Gasteiger partial charge in [0, 0.05) is 11.8 Å². The average Bonchev–Trinajstić information content (AvgIpc) is 2.51. The zero-order valence-corrected chi connectivity index (χ0v) is 14.5. The lowest BCUT2D eigenvalue weighted by Crippen LogP contribution is -2.45. The molecule has 1 aromatic carbocycles. The fraction of sp³-hybridized carbons (Fsp3) is 0.429. The van der Waals surface area contributed by atoms with Crippen LogP contribution >= 0.6 is 0 Å². The first-order valence-corrected chi connectivity index (χ1v) is 8.70. The number of carbonyl (C=O) groups is 2. The van der Waals surface area contributed by atoms with Gasteiger partial charge in [0.2, 0.25) is 5.75 Å². The normalized spacial score (nSPS) is 12.2. The standard InChI is InChI=1S/C14H19NO8S/c1-21-10-5-8(6-11(22-2)12(10)23-3)13(16)15-9(14(17)18)7-24(4,19)20/h5-6,9H,7H2,1-4H3,(H,15,16)(H,17,18). The molecule has 10 heteroatoms. The molecule has 9 nitrogen and oxygen atoms in total. The van der Waals surface area contributed by atoms with Crippen LogP contribution in [0.25, 0.3) is 0 Å². The van der Waals surface area contributed by atoms with Gasteiger partial charge in [0.25, 0.3) is 5.91 Å². The summed E-state index contributed by atoms with van der Waals surface area (Å²) in [5.74, 6) is -2.29. The van der Waals surface area contributed by atoms with E-state index in [9.17, 15) is 18.0 Å². The quantitative estimate of drug-likeness (QED) is 0.659. The van der Waals surface area contributed by atoms with Gasteiger partial charge in [-0.15, -0.1) is 0 Å². The Bertz CT molecular complexity index is 703. The Kier molecular flexibility index (Phi) is 6.41. The van der Waals surface area contributed by atoms with E-state index in [1.165, 1.54) is 33.5 Å². The van der Waals surface area contributed by atoms with E-state index in [2.05, 4.69) is 5.32 Å². The number of sulfone groups is 1. The van der Waals surface area contributed by atoms with E-state index >= 15 is 0 Å². The molecule has 0 aliphatic carbocycles. The van der Waals surface area contributed by atoms with Crippen LogP contribution < -0.4 is 19.5 Å². The molecule has 134 valence electrons. The van der Waals surface area contributed by atoms with Crippen LogP contribution in [-0.4, -0.2) is 64.8 Å². The molecule has 0 saturated heterocycles. The second kappa shape index (κ2) is 7.86. The first-order chi connectivity index (χ1) is 11.1. The molecule has 2 N–H and O–H groups in total. The van der Waals surface area contributed by atoms with Gasteiger partial charge in [0.15, 0.2) is 11.5 Å². The molecule has 0 heterocycles. The summed E-state index contributed by atoms with van der Waals surface area (Å²) in [6.07, 6.45) is 0.883. The highest BCUT2D eigenvalue weighted by Crippen LogP contribution is 2.38. The van der Waals surface area contributed by atoms with Crippen LogP contribution in [0.15, 0.2) is 12.1 Å². The van der Waals surface area contributed by atoms with Crippen LogP contribution in [0.5, 0.6) is 17.2 Å². The van der Waals surface area contributed by atoms with Crippen molar-refractivity contribution in [1.29, 1.82) is 0 Å². The molecule has 0 aliphatic rings. The van der Waals surface area contributed by atoms with Crippen LogP contribution in [-0.2, 0) is 14.6 Å². The second-order valence-corrected chi connectivity index (χ2v) is 7.06. The van der Waals surface area contributed by atoms with E-state index < -0.39 is 33.5 Å². The highest BCUT2D eigenvalue weighted by molar-refractivity contribution is 7.90. The van der Waals surface area contributed by atoms with Crippen LogP contribution in [0.4, 0.5) is 0 Å². The number of methoxy groups -OCH3 is 3. The van der Waals surface area contributed by atoms with Gasteiger partial charge < -0.3 is 24.6 Å². The molecule has 0 saturated carbocycles. The van der Waals surface area contributed by atoms with Crippen molar-refractivity contribution in [1.82, 2.24) is 5.32 Å². The zero-order chi connectivity index (χ0) is 18.5. The third kappa shape index (κ3) is 5.01. The molecular weight excluding hydrogens is 342 g/mol. The minimum Gasteiger partial charge on any atom is -0.493 e. The van der Waals surface area contributed by atoms with E-state index in [4.69, 9.17) is 19.3 Å². The number of carboxylic acids is 1. The van der Waals surface area contributed by atoms with Crippen molar-refractivity contribution in [3.8, 4) is 17.2 Å². The van der Waals surface area contributed by atoms with Gasteiger partial charge in [-0.3, -0.25) is 4.79 Å². The van der Waals surface area contributed by atoms with Gasteiger partial charge in [0.05, 0.1) is 27.1 Å². The summed E-state index contributed by atoms with van der Waals surface area (Å²) in [4.78, 5) is 23.4. The Labute approximate surface area is 139 Å². The Balaban J connectivity index is 3.16. The van der Waals surface area contributed by atoms with E-state index in [0.29, 0.717) is 0 Å².